The lowest BCUT2D eigenvalue weighted by Crippen LogP contribution is -2.52. The Morgan fingerprint density at radius 3 is 2.73 bits per heavy atom. The summed E-state index contributed by atoms with van der Waals surface area (Å²) in [5, 5.41) is 5.96. The zero-order valence-corrected chi connectivity index (χ0v) is 16.9. The summed E-state index contributed by atoms with van der Waals surface area (Å²) in [6.07, 6.45) is 4.97. The average molecular weight is 435 g/mol. The number of carbonyl (C=O) groups is 2. The molecule has 2 N–H and O–H groups in total. The zero-order valence-electron chi connectivity index (χ0n) is 16.2. The van der Waals surface area contributed by atoms with Gasteiger partial charge in [-0.15, -0.1) is 0 Å². The normalized spacial score (nSPS) is 24.0. The molecule has 3 fully saturated rings. The van der Waals surface area contributed by atoms with Crippen LogP contribution in [0.25, 0.3) is 0 Å². The van der Waals surface area contributed by atoms with E-state index in [1.807, 2.05) is 0 Å². The Morgan fingerprint density at radius 2 is 2.07 bits per heavy atom. The lowest BCUT2D eigenvalue weighted by Gasteiger charge is -2.38. The minimum atomic E-state index is -0.606. The maximum Gasteiger partial charge on any atom is 0.271 e. The molecular weight excluding hydrogens is 415 g/mol. The number of hydrogen-bond donors (Lipinski definition) is 2. The third-order valence-corrected chi connectivity index (χ3v) is 5.85. The van der Waals surface area contributed by atoms with Crippen molar-refractivity contribution < 1.29 is 23.5 Å². The van der Waals surface area contributed by atoms with Crippen molar-refractivity contribution in [2.24, 2.45) is 5.92 Å². The Morgan fingerprint density at radius 1 is 1.27 bits per heavy atom. The number of hydrogen-bond acceptors (Lipinski definition) is 6. The van der Waals surface area contributed by atoms with Crippen molar-refractivity contribution in [2.75, 3.05) is 13.7 Å². The van der Waals surface area contributed by atoms with Gasteiger partial charge in [-0.25, -0.2) is 14.4 Å². The predicted molar refractivity (Wildman–Crippen MR) is 105 cm³/mol. The van der Waals surface area contributed by atoms with Crippen LogP contribution in [0, 0.1) is 11.7 Å². The smallest absolute Gasteiger partial charge is 0.271 e. The fourth-order valence-corrected chi connectivity index (χ4v) is 4.23. The second kappa shape index (κ2) is 8.06. The highest BCUT2D eigenvalue weighted by atomic mass is 35.5. The van der Waals surface area contributed by atoms with Crippen LogP contribution in [0.4, 0.5) is 4.39 Å². The number of carbonyl (C=O) groups excluding carboxylic acids is 2. The van der Waals surface area contributed by atoms with Crippen LogP contribution in [-0.2, 0) is 4.79 Å². The van der Waals surface area contributed by atoms with Crippen LogP contribution in [0.1, 0.15) is 29.8 Å². The van der Waals surface area contributed by atoms with Gasteiger partial charge >= 0.3 is 0 Å². The van der Waals surface area contributed by atoms with Crippen molar-refractivity contribution in [1.82, 2.24) is 20.6 Å². The van der Waals surface area contributed by atoms with Gasteiger partial charge in [0, 0.05) is 17.6 Å². The number of nitrogens with zero attached hydrogens (tertiary/aromatic N) is 2. The minimum absolute atomic E-state index is 0.00880. The number of halogens is 2. The molecule has 30 heavy (non-hydrogen) atoms. The molecule has 3 saturated carbocycles. The molecule has 158 valence electrons. The van der Waals surface area contributed by atoms with Crippen LogP contribution in [0.3, 0.4) is 0 Å². The second-order valence-corrected chi connectivity index (χ2v) is 8.00. The minimum Gasteiger partial charge on any atom is -0.484 e. The molecule has 0 saturated heterocycles. The Hall–Kier alpha value is -2.94. The van der Waals surface area contributed by atoms with E-state index >= 15 is 0 Å². The van der Waals surface area contributed by atoms with Gasteiger partial charge in [-0.05, 0) is 37.3 Å². The first-order valence-corrected chi connectivity index (χ1v) is 9.81. The number of fused-ring (bicyclic) bond motifs is 1. The van der Waals surface area contributed by atoms with Gasteiger partial charge in [0.1, 0.15) is 17.3 Å². The first-order chi connectivity index (χ1) is 14.4. The van der Waals surface area contributed by atoms with E-state index in [1.54, 1.807) is 0 Å². The highest BCUT2D eigenvalue weighted by molar-refractivity contribution is 6.30. The van der Waals surface area contributed by atoms with E-state index in [1.165, 1.54) is 31.6 Å². The molecule has 10 heteroatoms. The summed E-state index contributed by atoms with van der Waals surface area (Å²) < 4.78 is 23.7. The lowest BCUT2D eigenvalue weighted by molar-refractivity contribution is -0.124. The van der Waals surface area contributed by atoms with Gasteiger partial charge in [-0.1, -0.05) is 11.6 Å². The van der Waals surface area contributed by atoms with Crippen molar-refractivity contribution in [2.45, 2.75) is 30.8 Å². The van der Waals surface area contributed by atoms with Gasteiger partial charge in [0.2, 0.25) is 5.88 Å². The van der Waals surface area contributed by atoms with Gasteiger partial charge in [0.05, 0.1) is 24.5 Å². The molecule has 1 aromatic heterocycles. The van der Waals surface area contributed by atoms with E-state index in [0.29, 0.717) is 18.2 Å². The van der Waals surface area contributed by atoms with Gasteiger partial charge in [-0.2, -0.15) is 0 Å². The molecule has 8 nitrogen and oxygen atoms in total. The van der Waals surface area contributed by atoms with E-state index in [2.05, 4.69) is 20.6 Å². The summed E-state index contributed by atoms with van der Waals surface area (Å²) >= 11 is 5.63. The zero-order chi connectivity index (χ0) is 21.3. The molecule has 1 aromatic carbocycles. The van der Waals surface area contributed by atoms with Crippen LogP contribution >= 0.6 is 11.6 Å². The molecule has 1 unspecified atom stereocenters. The topological polar surface area (TPSA) is 102 Å². The Bertz CT molecular complexity index is 966. The summed E-state index contributed by atoms with van der Waals surface area (Å²) in [7, 11) is 1.48. The van der Waals surface area contributed by atoms with Gasteiger partial charge in [-0.3, -0.25) is 9.59 Å². The number of ether oxygens (including phenoxy) is 2. The van der Waals surface area contributed by atoms with E-state index in [0.717, 1.165) is 18.9 Å². The van der Waals surface area contributed by atoms with Crippen molar-refractivity contribution >= 4 is 23.4 Å². The highest BCUT2D eigenvalue weighted by Crippen LogP contribution is 2.52. The summed E-state index contributed by atoms with van der Waals surface area (Å²) in [6, 6.07) is 3.95. The molecule has 1 atom stereocenters. The number of rotatable bonds is 7. The molecule has 3 aliphatic carbocycles. The summed E-state index contributed by atoms with van der Waals surface area (Å²) in [6.45, 7) is -0.231. The summed E-state index contributed by atoms with van der Waals surface area (Å²) in [4.78, 5) is 32.7. The number of amides is 2. The largest absolute Gasteiger partial charge is 0.484 e. The van der Waals surface area contributed by atoms with E-state index in [4.69, 9.17) is 21.1 Å². The molecule has 0 radical (unpaired) electrons. The molecule has 2 amide bonds. The van der Waals surface area contributed by atoms with E-state index in [9.17, 15) is 14.0 Å². The summed E-state index contributed by atoms with van der Waals surface area (Å²) in [5.74, 6) is -0.351. The van der Waals surface area contributed by atoms with Crippen molar-refractivity contribution in [1.29, 1.82) is 0 Å². The molecule has 3 aliphatic rings. The third kappa shape index (κ3) is 4.16. The number of methoxy groups -OCH3 is 1. The molecular formula is C20H20ClFN4O4. The average Bonchev–Trinajstić information content (AvgIpc) is 3.22. The fourth-order valence-electron chi connectivity index (χ4n) is 4.11. The Kier molecular flexibility index (Phi) is 5.46. The molecule has 2 bridgehead atoms. The second-order valence-electron chi connectivity index (χ2n) is 7.59. The predicted octanol–water partition coefficient (Wildman–Crippen LogP) is 2.12. The van der Waals surface area contributed by atoms with Gasteiger partial charge in [0.25, 0.3) is 11.8 Å². The highest BCUT2D eigenvalue weighted by Gasteiger charge is 2.57. The number of nitrogens with one attached hydrogen (secondary N) is 2. The van der Waals surface area contributed by atoms with Crippen LogP contribution in [-0.4, -0.2) is 47.1 Å². The van der Waals surface area contributed by atoms with Gasteiger partial charge in [0.15, 0.2) is 6.61 Å². The SMILES string of the molecule is COc1cnc(C(=O)NC23CC(C2)C(NC(=O)COc2ccc(Cl)c(F)c2)C3)cn1. The third-order valence-electron chi connectivity index (χ3n) is 5.54. The van der Waals surface area contributed by atoms with Crippen LogP contribution in [0.5, 0.6) is 11.6 Å². The fraction of sp³-hybridized carbons (Fsp3) is 0.400. The number of aromatic nitrogens is 2. The van der Waals surface area contributed by atoms with Crippen LogP contribution < -0.4 is 20.1 Å². The van der Waals surface area contributed by atoms with E-state index in [-0.39, 0.29) is 46.5 Å². The number of benzene rings is 1. The maximum absolute atomic E-state index is 13.4. The first-order valence-electron chi connectivity index (χ1n) is 9.43. The molecule has 0 spiro atoms. The molecule has 0 aliphatic heterocycles. The lowest BCUT2D eigenvalue weighted by atomic mass is 9.76. The maximum atomic E-state index is 13.4. The van der Waals surface area contributed by atoms with Crippen molar-refractivity contribution in [3.63, 3.8) is 0 Å². The monoisotopic (exact) mass is 434 g/mol. The Labute approximate surface area is 177 Å². The molecule has 1 heterocycles. The van der Waals surface area contributed by atoms with Gasteiger partial charge < -0.3 is 20.1 Å². The van der Waals surface area contributed by atoms with Crippen LogP contribution in [0.2, 0.25) is 5.02 Å². The quantitative estimate of drug-likeness (QED) is 0.692. The first kappa shape index (κ1) is 20.3. The standard InChI is InChI=1S/C20H20ClFN4O4/c1-29-18-9-23-16(8-24-18)19(28)26-20-5-11(6-20)15(7-20)25-17(27)10-30-12-2-3-13(21)14(22)4-12/h2-4,8-9,11,15H,5-7,10H2,1H3,(H,25,27)(H,26,28). The molecule has 5 rings (SSSR count). The van der Waals surface area contributed by atoms with Crippen molar-refractivity contribution in [3.05, 3.63) is 47.1 Å². The van der Waals surface area contributed by atoms with Crippen LogP contribution in [0.15, 0.2) is 30.6 Å². The van der Waals surface area contributed by atoms with Crippen molar-refractivity contribution in [3.8, 4) is 11.6 Å². The molecule has 2 aromatic rings. The van der Waals surface area contributed by atoms with E-state index < -0.39 is 5.82 Å². The summed E-state index contributed by atoms with van der Waals surface area (Å²) in [5.41, 5.74) is -0.133. The Balaban J connectivity index is 1.27.